The number of nitrogens with one attached hydrogen (secondary N) is 1. The van der Waals surface area contributed by atoms with Crippen molar-refractivity contribution < 1.29 is 28.3 Å². The first-order valence-corrected chi connectivity index (χ1v) is 6.38. The fraction of sp³-hybridized carbons (Fsp3) is 1.00. The van der Waals surface area contributed by atoms with E-state index in [4.69, 9.17) is 19.9 Å². The third-order valence-corrected chi connectivity index (χ3v) is 3.66. The van der Waals surface area contributed by atoms with E-state index in [1.165, 1.54) is 0 Å². The fourth-order valence-electron chi connectivity index (χ4n) is 1.11. The SMILES string of the molecule is CCC(NCC(CO)(CO)CO)S(=O)(=O)O. The van der Waals surface area contributed by atoms with Crippen LogP contribution in [0.2, 0.25) is 0 Å². The number of aliphatic hydroxyl groups excluding tert-OH is 3. The molecule has 0 aliphatic carbocycles. The van der Waals surface area contributed by atoms with E-state index in [2.05, 4.69) is 5.32 Å². The molecule has 0 bridgehead atoms. The summed E-state index contributed by atoms with van der Waals surface area (Å²) >= 11 is 0. The second-order valence-electron chi connectivity index (χ2n) is 3.77. The smallest absolute Gasteiger partial charge is 0.281 e. The van der Waals surface area contributed by atoms with E-state index >= 15 is 0 Å². The molecule has 98 valence electrons. The van der Waals surface area contributed by atoms with Crippen LogP contribution in [-0.4, -0.2) is 60.0 Å². The Balaban J connectivity index is 4.51. The van der Waals surface area contributed by atoms with Gasteiger partial charge in [0.25, 0.3) is 10.1 Å². The molecular weight excluding hydrogens is 238 g/mol. The standard InChI is InChI=1S/C8H19NO6S/c1-2-7(16(13,14)15)9-3-8(4-10,5-11)6-12/h7,9-12H,2-6H2,1H3,(H,13,14,15). The van der Waals surface area contributed by atoms with Gasteiger partial charge in [-0.25, -0.2) is 0 Å². The molecule has 0 spiro atoms. The lowest BCUT2D eigenvalue weighted by molar-refractivity contribution is 0.00575. The van der Waals surface area contributed by atoms with Crippen molar-refractivity contribution in [2.75, 3.05) is 26.4 Å². The van der Waals surface area contributed by atoms with Crippen molar-refractivity contribution in [1.82, 2.24) is 5.32 Å². The fourth-order valence-corrected chi connectivity index (χ4v) is 1.82. The summed E-state index contributed by atoms with van der Waals surface area (Å²) in [7, 11) is -4.22. The predicted octanol–water partition coefficient (Wildman–Crippen LogP) is -1.84. The Kier molecular flexibility index (Phi) is 6.38. The summed E-state index contributed by atoms with van der Waals surface area (Å²) in [5, 5.41) is 28.3. The first-order valence-electron chi connectivity index (χ1n) is 4.87. The van der Waals surface area contributed by atoms with Gasteiger partial charge in [0, 0.05) is 6.54 Å². The Hall–Kier alpha value is -0.250. The summed E-state index contributed by atoms with van der Waals surface area (Å²) in [6.45, 7) is -0.0303. The van der Waals surface area contributed by atoms with Crippen molar-refractivity contribution >= 4 is 10.1 Å². The maximum absolute atomic E-state index is 10.8. The van der Waals surface area contributed by atoms with E-state index in [1.807, 2.05) is 0 Å². The minimum Gasteiger partial charge on any atom is -0.396 e. The second-order valence-corrected chi connectivity index (χ2v) is 5.37. The Morgan fingerprint density at radius 3 is 1.88 bits per heavy atom. The van der Waals surface area contributed by atoms with Crippen molar-refractivity contribution in [3.8, 4) is 0 Å². The summed E-state index contributed by atoms with van der Waals surface area (Å²) in [4.78, 5) is 0. The molecule has 0 aromatic rings. The lowest BCUT2D eigenvalue weighted by atomic mass is 9.91. The molecule has 1 atom stereocenters. The maximum Gasteiger partial charge on any atom is 0.281 e. The lowest BCUT2D eigenvalue weighted by Gasteiger charge is -2.29. The molecule has 5 N–H and O–H groups in total. The number of aliphatic hydroxyl groups is 3. The molecule has 0 aliphatic heterocycles. The van der Waals surface area contributed by atoms with E-state index in [1.54, 1.807) is 6.92 Å². The van der Waals surface area contributed by atoms with Crippen molar-refractivity contribution in [2.24, 2.45) is 5.41 Å². The molecule has 0 fully saturated rings. The highest BCUT2D eigenvalue weighted by Crippen LogP contribution is 2.14. The molecule has 0 aromatic carbocycles. The van der Waals surface area contributed by atoms with Gasteiger partial charge in [-0.1, -0.05) is 6.92 Å². The average Bonchev–Trinajstić information content (AvgIpc) is 2.24. The summed E-state index contributed by atoms with van der Waals surface area (Å²) in [6.07, 6.45) is 0.136. The number of rotatable bonds is 8. The minimum atomic E-state index is -4.22. The van der Waals surface area contributed by atoms with E-state index in [-0.39, 0.29) is 13.0 Å². The van der Waals surface area contributed by atoms with Gasteiger partial charge in [0.1, 0.15) is 5.37 Å². The minimum absolute atomic E-state index is 0.116. The van der Waals surface area contributed by atoms with Gasteiger partial charge < -0.3 is 15.3 Å². The van der Waals surface area contributed by atoms with Crippen LogP contribution in [0.5, 0.6) is 0 Å². The third kappa shape index (κ3) is 4.32. The molecule has 0 aliphatic rings. The van der Waals surface area contributed by atoms with Gasteiger partial charge in [0.2, 0.25) is 0 Å². The van der Waals surface area contributed by atoms with Crippen LogP contribution < -0.4 is 5.32 Å². The molecule has 0 radical (unpaired) electrons. The zero-order valence-corrected chi connectivity index (χ0v) is 9.94. The van der Waals surface area contributed by atoms with Gasteiger partial charge in [0.05, 0.1) is 25.2 Å². The molecular formula is C8H19NO6S. The third-order valence-electron chi connectivity index (χ3n) is 2.44. The molecule has 0 amide bonds. The predicted molar refractivity (Wildman–Crippen MR) is 57.3 cm³/mol. The van der Waals surface area contributed by atoms with E-state index in [0.29, 0.717) is 0 Å². The molecule has 0 rings (SSSR count). The highest BCUT2D eigenvalue weighted by Gasteiger charge is 2.30. The van der Waals surface area contributed by atoms with Crippen LogP contribution >= 0.6 is 0 Å². The number of hydrogen-bond acceptors (Lipinski definition) is 6. The first kappa shape index (κ1) is 15.8. The van der Waals surface area contributed by atoms with Crippen LogP contribution in [0.1, 0.15) is 13.3 Å². The summed E-state index contributed by atoms with van der Waals surface area (Å²) in [6, 6.07) is 0. The Labute approximate surface area is 94.9 Å². The van der Waals surface area contributed by atoms with E-state index < -0.39 is 40.7 Å². The molecule has 0 heterocycles. The van der Waals surface area contributed by atoms with Gasteiger partial charge in [-0.3, -0.25) is 9.87 Å². The van der Waals surface area contributed by atoms with Crippen LogP contribution in [0.3, 0.4) is 0 Å². The molecule has 0 saturated heterocycles. The average molecular weight is 257 g/mol. The van der Waals surface area contributed by atoms with Crippen LogP contribution in [0.4, 0.5) is 0 Å². The van der Waals surface area contributed by atoms with Gasteiger partial charge in [0.15, 0.2) is 0 Å². The van der Waals surface area contributed by atoms with Gasteiger partial charge in [-0.2, -0.15) is 8.42 Å². The molecule has 0 saturated carbocycles. The zero-order chi connectivity index (χ0) is 12.8. The topological polar surface area (TPSA) is 127 Å². The Morgan fingerprint density at radius 1 is 1.19 bits per heavy atom. The van der Waals surface area contributed by atoms with Crippen LogP contribution in [0.25, 0.3) is 0 Å². The van der Waals surface area contributed by atoms with Gasteiger partial charge >= 0.3 is 0 Å². The van der Waals surface area contributed by atoms with Gasteiger partial charge in [-0.15, -0.1) is 0 Å². The quantitative estimate of drug-likeness (QED) is 0.323. The van der Waals surface area contributed by atoms with E-state index in [9.17, 15) is 8.42 Å². The van der Waals surface area contributed by atoms with Crippen LogP contribution in [-0.2, 0) is 10.1 Å². The van der Waals surface area contributed by atoms with E-state index in [0.717, 1.165) is 0 Å². The second kappa shape index (κ2) is 6.48. The van der Waals surface area contributed by atoms with Crippen molar-refractivity contribution in [3.63, 3.8) is 0 Å². The first-order chi connectivity index (χ1) is 7.35. The highest BCUT2D eigenvalue weighted by molar-refractivity contribution is 7.86. The van der Waals surface area contributed by atoms with Crippen molar-refractivity contribution in [1.29, 1.82) is 0 Å². The van der Waals surface area contributed by atoms with Crippen molar-refractivity contribution in [3.05, 3.63) is 0 Å². The summed E-state index contributed by atoms with van der Waals surface area (Å²) in [5.74, 6) is 0. The highest BCUT2D eigenvalue weighted by atomic mass is 32.2. The lowest BCUT2D eigenvalue weighted by Crippen LogP contribution is -2.48. The molecule has 7 nitrogen and oxygen atoms in total. The summed E-state index contributed by atoms with van der Waals surface area (Å²) < 4.78 is 30.5. The zero-order valence-electron chi connectivity index (χ0n) is 9.13. The van der Waals surface area contributed by atoms with Crippen LogP contribution in [0, 0.1) is 5.41 Å². The normalized spacial score (nSPS) is 15.1. The van der Waals surface area contributed by atoms with Gasteiger partial charge in [-0.05, 0) is 6.42 Å². The number of hydrogen-bond donors (Lipinski definition) is 5. The Bertz CT molecular complexity index is 279. The molecule has 0 aromatic heterocycles. The molecule has 1 unspecified atom stereocenters. The molecule has 8 heteroatoms. The Morgan fingerprint density at radius 2 is 1.62 bits per heavy atom. The summed E-state index contributed by atoms with van der Waals surface area (Å²) in [5.41, 5.74) is -1.20. The monoisotopic (exact) mass is 257 g/mol. The van der Waals surface area contributed by atoms with Crippen LogP contribution in [0.15, 0.2) is 0 Å². The largest absolute Gasteiger partial charge is 0.396 e. The maximum atomic E-state index is 10.8. The van der Waals surface area contributed by atoms with Crippen molar-refractivity contribution in [2.45, 2.75) is 18.7 Å². The molecule has 16 heavy (non-hydrogen) atoms.